The van der Waals surface area contributed by atoms with Gasteiger partial charge in [0.25, 0.3) is 0 Å². The third-order valence-electron chi connectivity index (χ3n) is 3.94. The summed E-state index contributed by atoms with van der Waals surface area (Å²) in [7, 11) is 0. The van der Waals surface area contributed by atoms with E-state index in [0.29, 0.717) is 6.54 Å². The Morgan fingerprint density at radius 2 is 2.23 bits per heavy atom. The van der Waals surface area contributed by atoms with E-state index in [1.54, 1.807) is 0 Å². The fourth-order valence-corrected chi connectivity index (χ4v) is 2.79. The average molecular weight is 299 g/mol. The van der Waals surface area contributed by atoms with E-state index in [4.69, 9.17) is 0 Å². The van der Waals surface area contributed by atoms with Crippen LogP contribution in [0, 0.1) is 0 Å². The summed E-state index contributed by atoms with van der Waals surface area (Å²) in [5.41, 5.74) is 2.17. The van der Waals surface area contributed by atoms with Crippen LogP contribution in [0.4, 0.5) is 0 Å². The first-order chi connectivity index (χ1) is 10.8. The van der Waals surface area contributed by atoms with E-state index < -0.39 is 0 Å². The van der Waals surface area contributed by atoms with Crippen LogP contribution in [0.2, 0.25) is 0 Å². The number of hydrogen-bond donors (Lipinski definition) is 2. The molecule has 2 aromatic rings. The third-order valence-corrected chi connectivity index (χ3v) is 3.94. The van der Waals surface area contributed by atoms with Crippen LogP contribution >= 0.6 is 0 Å². The maximum absolute atomic E-state index is 11.8. The summed E-state index contributed by atoms with van der Waals surface area (Å²) in [6.45, 7) is 3.33. The highest BCUT2D eigenvalue weighted by atomic mass is 16.2. The molecule has 3 rings (SSSR count). The molecule has 0 spiro atoms. The number of carbonyl (C=O) groups is 1. The molecule has 2 heterocycles. The van der Waals surface area contributed by atoms with Gasteiger partial charge in [0.15, 0.2) is 0 Å². The van der Waals surface area contributed by atoms with Crippen LogP contribution < -0.4 is 10.6 Å². The molecular weight excluding hydrogens is 278 g/mol. The number of rotatable bonds is 5. The molecule has 1 aromatic carbocycles. The minimum atomic E-state index is -0.133. The normalized spacial score (nSPS) is 21.0. The minimum Gasteiger partial charge on any atom is -0.355 e. The van der Waals surface area contributed by atoms with Crippen molar-refractivity contribution in [3.63, 3.8) is 0 Å². The summed E-state index contributed by atoms with van der Waals surface area (Å²) in [6.07, 6.45) is 3.51. The van der Waals surface area contributed by atoms with E-state index in [1.807, 2.05) is 36.0 Å². The molecule has 1 amide bonds. The molecular formula is C16H21N5O. The molecule has 1 aliphatic rings. The summed E-state index contributed by atoms with van der Waals surface area (Å²) in [5, 5.41) is 14.6. The molecule has 1 aromatic heterocycles. The second kappa shape index (κ2) is 6.70. The van der Waals surface area contributed by atoms with Gasteiger partial charge in [-0.3, -0.25) is 4.79 Å². The fourth-order valence-electron chi connectivity index (χ4n) is 2.79. The van der Waals surface area contributed by atoms with Crippen molar-refractivity contribution in [1.29, 1.82) is 0 Å². The quantitative estimate of drug-likeness (QED) is 0.861. The van der Waals surface area contributed by atoms with Gasteiger partial charge in [0, 0.05) is 25.7 Å². The van der Waals surface area contributed by atoms with Crippen molar-refractivity contribution in [3.8, 4) is 0 Å². The lowest BCUT2D eigenvalue weighted by atomic mass is 10.1. The zero-order valence-corrected chi connectivity index (χ0v) is 12.7. The molecule has 1 saturated heterocycles. The van der Waals surface area contributed by atoms with Gasteiger partial charge in [-0.1, -0.05) is 35.5 Å². The fraction of sp³-hybridized carbons (Fsp3) is 0.438. The van der Waals surface area contributed by atoms with Crippen LogP contribution in [-0.2, 0) is 11.2 Å². The second-order valence-corrected chi connectivity index (χ2v) is 5.60. The van der Waals surface area contributed by atoms with E-state index in [9.17, 15) is 4.79 Å². The van der Waals surface area contributed by atoms with Crippen molar-refractivity contribution in [2.24, 2.45) is 0 Å². The highest BCUT2D eigenvalue weighted by molar-refractivity contribution is 5.82. The number of nitrogens with zero attached hydrogens (tertiary/aromatic N) is 3. The van der Waals surface area contributed by atoms with Gasteiger partial charge in [0.1, 0.15) is 0 Å². The molecule has 0 saturated carbocycles. The van der Waals surface area contributed by atoms with Gasteiger partial charge in [-0.15, -0.1) is 5.10 Å². The molecule has 0 aliphatic carbocycles. The Morgan fingerprint density at radius 1 is 1.41 bits per heavy atom. The number of aromatic nitrogens is 3. The van der Waals surface area contributed by atoms with E-state index in [1.165, 1.54) is 5.56 Å². The predicted octanol–water partition coefficient (Wildman–Crippen LogP) is 0.908. The Kier molecular flexibility index (Phi) is 4.48. The lowest BCUT2D eigenvalue weighted by Crippen LogP contribution is -2.40. The Bertz CT molecular complexity index is 624. The van der Waals surface area contributed by atoms with Crippen molar-refractivity contribution in [1.82, 2.24) is 25.6 Å². The maximum atomic E-state index is 11.8. The van der Waals surface area contributed by atoms with Crippen molar-refractivity contribution in [2.45, 2.75) is 31.8 Å². The van der Waals surface area contributed by atoms with E-state index in [-0.39, 0.29) is 18.0 Å². The molecule has 1 aliphatic heterocycles. The van der Waals surface area contributed by atoms with E-state index >= 15 is 0 Å². The standard InChI is InChI=1S/C16H21N5O/c1-2-17-16(22)15-9-14(10-18-15)21-11-13(19-20-21)8-12-6-4-3-5-7-12/h3-7,11,14-15,18H,2,8-10H2,1H3,(H,17,22)/t14-,15+/m1/s1. The van der Waals surface area contributed by atoms with Gasteiger partial charge in [-0.25, -0.2) is 4.68 Å². The van der Waals surface area contributed by atoms with Crippen LogP contribution in [0.15, 0.2) is 36.5 Å². The lowest BCUT2D eigenvalue weighted by molar-refractivity contribution is -0.122. The highest BCUT2D eigenvalue weighted by Gasteiger charge is 2.30. The Hall–Kier alpha value is -2.21. The van der Waals surface area contributed by atoms with Gasteiger partial charge in [0.2, 0.25) is 5.91 Å². The van der Waals surface area contributed by atoms with Gasteiger partial charge in [-0.05, 0) is 18.9 Å². The molecule has 2 N–H and O–H groups in total. The van der Waals surface area contributed by atoms with Crippen molar-refractivity contribution in [2.75, 3.05) is 13.1 Å². The molecule has 116 valence electrons. The van der Waals surface area contributed by atoms with Crippen LogP contribution in [0.5, 0.6) is 0 Å². The Labute approximate surface area is 129 Å². The summed E-state index contributed by atoms with van der Waals surface area (Å²) in [5.74, 6) is 0.0645. The average Bonchev–Trinajstić information content (AvgIpc) is 3.17. The molecule has 0 bridgehead atoms. The van der Waals surface area contributed by atoms with Crippen LogP contribution in [0.3, 0.4) is 0 Å². The second-order valence-electron chi connectivity index (χ2n) is 5.60. The smallest absolute Gasteiger partial charge is 0.237 e. The number of benzene rings is 1. The number of nitrogens with one attached hydrogen (secondary N) is 2. The molecule has 0 unspecified atom stereocenters. The minimum absolute atomic E-state index is 0.0645. The molecule has 22 heavy (non-hydrogen) atoms. The van der Waals surface area contributed by atoms with Gasteiger partial charge in [0.05, 0.1) is 17.8 Å². The van der Waals surface area contributed by atoms with E-state index in [2.05, 4.69) is 33.1 Å². The SMILES string of the molecule is CCNC(=O)[C@@H]1C[C@@H](n2cc(Cc3ccccc3)nn2)CN1. The summed E-state index contributed by atoms with van der Waals surface area (Å²) >= 11 is 0. The first kappa shape index (κ1) is 14.7. The first-order valence-corrected chi connectivity index (χ1v) is 7.72. The monoisotopic (exact) mass is 299 g/mol. The summed E-state index contributed by atoms with van der Waals surface area (Å²) < 4.78 is 1.88. The molecule has 6 nitrogen and oxygen atoms in total. The van der Waals surface area contributed by atoms with Crippen molar-refractivity contribution < 1.29 is 4.79 Å². The van der Waals surface area contributed by atoms with Crippen LogP contribution in [0.1, 0.15) is 30.6 Å². The number of amides is 1. The van der Waals surface area contributed by atoms with Gasteiger partial charge < -0.3 is 10.6 Å². The Morgan fingerprint density at radius 3 is 3.00 bits per heavy atom. The summed E-state index contributed by atoms with van der Waals surface area (Å²) in [6, 6.07) is 10.3. The van der Waals surface area contributed by atoms with Crippen LogP contribution in [0.25, 0.3) is 0 Å². The number of carbonyl (C=O) groups excluding carboxylic acids is 1. The maximum Gasteiger partial charge on any atom is 0.237 e. The first-order valence-electron chi connectivity index (χ1n) is 7.72. The van der Waals surface area contributed by atoms with Gasteiger partial charge >= 0.3 is 0 Å². The molecule has 6 heteroatoms. The number of likely N-dealkylation sites (N-methyl/N-ethyl adjacent to an activating group) is 1. The zero-order valence-electron chi connectivity index (χ0n) is 12.7. The molecule has 2 atom stereocenters. The molecule has 1 fully saturated rings. The number of hydrogen-bond acceptors (Lipinski definition) is 4. The summed E-state index contributed by atoms with van der Waals surface area (Å²) in [4.78, 5) is 11.8. The lowest BCUT2D eigenvalue weighted by Gasteiger charge is -2.10. The topological polar surface area (TPSA) is 71.8 Å². The third kappa shape index (κ3) is 3.33. The predicted molar refractivity (Wildman–Crippen MR) is 83.4 cm³/mol. The molecule has 0 radical (unpaired) electrons. The largest absolute Gasteiger partial charge is 0.355 e. The van der Waals surface area contributed by atoms with E-state index in [0.717, 1.165) is 25.1 Å². The Balaban J connectivity index is 1.61. The van der Waals surface area contributed by atoms with Crippen molar-refractivity contribution >= 4 is 5.91 Å². The zero-order chi connectivity index (χ0) is 15.4. The highest BCUT2D eigenvalue weighted by Crippen LogP contribution is 2.19. The van der Waals surface area contributed by atoms with Gasteiger partial charge in [-0.2, -0.15) is 0 Å². The van der Waals surface area contributed by atoms with Crippen molar-refractivity contribution in [3.05, 3.63) is 47.8 Å². The van der Waals surface area contributed by atoms with Crippen LogP contribution in [-0.4, -0.2) is 40.0 Å².